The number of halogens is 1. The van der Waals surface area contributed by atoms with Gasteiger partial charge in [0.15, 0.2) is 0 Å². The summed E-state index contributed by atoms with van der Waals surface area (Å²) in [6.07, 6.45) is 0. The molecule has 0 heterocycles. The molecular weight excluding hydrogens is 314 g/mol. The molecule has 0 saturated heterocycles. The molecule has 0 N–H and O–H groups in total. The molecular formula is C18H15ClP2. The van der Waals surface area contributed by atoms with Crippen LogP contribution in [-0.4, -0.2) is 0 Å². The van der Waals surface area contributed by atoms with Crippen molar-refractivity contribution >= 4 is 50.0 Å². The van der Waals surface area contributed by atoms with Crippen LogP contribution in [0.3, 0.4) is 0 Å². The average Bonchev–Trinajstić information content (AvgIpc) is 2.53. The molecule has 0 fully saturated rings. The number of hydrogen-bond donors (Lipinski definition) is 0. The highest BCUT2D eigenvalue weighted by atomic mass is 35.5. The minimum atomic E-state index is -0.588. The third-order valence-corrected chi connectivity index (χ3v) is 6.74. The van der Waals surface area contributed by atoms with Gasteiger partial charge in [0.1, 0.15) is 0 Å². The van der Waals surface area contributed by atoms with E-state index < -0.39 is 7.92 Å². The maximum atomic E-state index is 6.24. The zero-order valence-electron chi connectivity index (χ0n) is 11.4. The molecule has 0 amide bonds. The van der Waals surface area contributed by atoms with Crippen LogP contribution in [-0.2, 0) is 0 Å². The molecule has 104 valence electrons. The van der Waals surface area contributed by atoms with Gasteiger partial charge in [-0.3, -0.25) is 0 Å². The number of hydrogen-bond acceptors (Lipinski definition) is 0. The van der Waals surface area contributed by atoms with Crippen molar-refractivity contribution in [3.8, 4) is 0 Å². The topological polar surface area (TPSA) is 0 Å². The Morgan fingerprint density at radius 2 is 1.24 bits per heavy atom. The molecule has 3 heteroatoms. The van der Waals surface area contributed by atoms with Crippen LogP contribution in [0.1, 0.15) is 0 Å². The Balaban J connectivity index is 2.20. The molecule has 0 radical (unpaired) electrons. The minimum Gasteiger partial charge on any atom is -0.105 e. The van der Waals surface area contributed by atoms with Gasteiger partial charge in [-0.1, -0.05) is 78.3 Å². The van der Waals surface area contributed by atoms with E-state index in [4.69, 9.17) is 11.6 Å². The second kappa shape index (κ2) is 6.71. The van der Waals surface area contributed by atoms with E-state index in [1.54, 1.807) is 0 Å². The molecule has 0 aliphatic rings. The quantitative estimate of drug-likeness (QED) is 0.645. The summed E-state index contributed by atoms with van der Waals surface area (Å²) in [7, 11) is 2.25. The zero-order valence-corrected chi connectivity index (χ0v) is 14.2. The first-order valence-corrected chi connectivity index (χ1v) is 9.00. The highest BCUT2D eigenvalue weighted by Gasteiger charge is 2.18. The molecule has 21 heavy (non-hydrogen) atoms. The predicted molar refractivity (Wildman–Crippen MR) is 99.5 cm³/mol. The van der Waals surface area contributed by atoms with Crippen molar-refractivity contribution in [1.29, 1.82) is 0 Å². The van der Waals surface area contributed by atoms with Gasteiger partial charge in [0.25, 0.3) is 0 Å². The van der Waals surface area contributed by atoms with Crippen LogP contribution in [0.15, 0.2) is 78.9 Å². The summed E-state index contributed by atoms with van der Waals surface area (Å²) in [5.74, 6) is 0. The van der Waals surface area contributed by atoms with Gasteiger partial charge in [0, 0.05) is 5.02 Å². The van der Waals surface area contributed by atoms with Gasteiger partial charge in [0.2, 0.25) is 0 Å². The van der Waals surface area contributed by atoms with Crippen molar-refractivity contribution in [2.24, 2.45) is 0 Å². The van der Waals surface area contributed by atoms with Crippen LogP contribution in [0.5, 0.6) is 0 Å². The third-order valence-electron chi connectivity index (χ3n) is 3.26. The van der Waals surface area contributed by atoms with Crippen molar-refractivity contribution in [3.63, 3.8) is 0 Å². The van der Waals surface area contributed by atoms with Gasteiger partial charge >= 0.3 is 0 Å². The lowest BCUT2D eigenvalue weighted by molar-refractivity contribution is 1.75. The van der Waals surface area contributed by atoms with E-state index in [2.05, 4.69) is 82.0 Å². The fourth-order valence-corrected chi connectivity index (χ4v) is 5.50. The maximum absolute atomic E-state index is 6.24. The van der Waals surface area contributed by atoms with Crippen LogP contribution < -0.4 is 21.2 Å². The Hall–Kier alpha value is -1.19. The van der Waals surface area contributed by atoms with Gasteiger partial charge in [-0.15, -0.1) is 9.24 Å². The summed E-state index contributed by atoms with van der Waals surface area (Å²) in [6.45, 7) is 0. The monoisotopic (exact) mass is 328 g/mol. The van der Waals surface area contributed by atoms with Crippen molar-refractivity contribution in [3.05, 3.63) is 83.9 Å². The van der Waals surface area contributed by atoms with E-state index in [0.717, 1.165) is 5.02 Å². The lowest BCUT2D eigenvalue weighted by atomic mass is 10.3. The van der Waals surface area contributed by atoms with Crippen LogP contribution in [0, 0.1) is 0 Å². The Morgan fingerprint density at radius 1 is 0.714 bits per heavy atom. The molecule has 3 aromatic carbocycles. The van der Waals surface area contributed by atoms with E-state index in [-0.39, 0.29) is 0 Å². The Kier molecular flexibility index (Phi) is 4.71. The van der Waals surface area contributed by atoms with Gasteiger partial charge in [-0.2, -0.15) is 0 Å². The first-order valence-electron chi connectivity index (χ1n) is 6.71. The summed E-state index contributed by atoms with van der Waals surface area (Å²) in [4.78, 5) is 0. The molecule has 1 atom stereocenters. The molecule has 0 spiro atoms. The smallest absolute Gasteiger partial charge is 0.0413 e. The Bertz CT molecular complexity index is 687. The molecule has 0 aliphatic carbocycles. The van der Waals surface area contributed by atoms with E-state index in [1.165, 1.54) is 21.2 Å². The van der Waals surface area contributed by atoms with Gasteiger partial charge in [-0.25, -0.2) is 0 Å². The van der Waals surface area contributed by atoms with Crippen LogP contribution >= 0.6 is 28.8 Å². The van der Waals surface area contributed by atoms with E-state index in [1.807, 2.05) is 6.07 Å². The van der Waals surface area contributed by atoms with Crippen molar-refractivity contribution in [2.45, 2.75) is 0 Å². The second-order valence-electron chi connectivity index (χ2n) is 4.71. The first-order chi connectivity index (χ1) is 10.3. The summed E-state index contributed by atoms with van der Waals surface area (Å²) in [6, 6.07) is 27.4. The first kappa shape index (κ1) is 14.7. The Morgan fingerprint density at radius 3 is 1.76 bits per heavy atom. The third kappa shape index (κ3) is 3.35. The Labute approximate surface area is 134 Å². The van der Waals surface area contributed by atoms with E-state index in [9.17, 15) is 0 Å². The normalized spacial score (nSPS) is 10.8. The second-order valence-corrected chi connectivity index (χ2v) is 7.95. The van der Waals surface area contributed by atoms with E-state index in [0.29, 0.717) is 0 Å². The van der Waals surface area contributed by atoms with Gasteiger partial charge in [-0.05, 0) is 41.3 Å². The predicted octanol–water partition coefficient (Wildman–Crippen LogP) is 3.60. The average molecular weight is 329 g/mol. The van der Waals surface area contributed by atoms with E-state index >= 15 is 0 Å². The largest absolute Gasteiger partial charge is 0.105 e. The highest BCUT2D eigenvalue weighted by Crippen LogP contribution is 2.33. The number of benzene rings is 3. The highest BCUT2D eigenvalue weighted by molar-refractivity contribution is 7.80. The summed E-state index contributed by atoms with van der Waals surface area (Å²) in [5, 5.41) is 5.96. The summed E-state index contributed by atoms with van der Waals surface area (Å²) < 4.78 is 0. The molecule has 3 rings (SSSR count). The molecule has 3 aromatic rings. The van der Waals surface area contributed by atoms with Crippen LogP contribution in [0.25, 0.3) is 0 Å². The van der Waals surface area contributed by atoms with Crippen molar-refractivity contribution < 1.29 is 0 Å². The minimum absolute atomic E-state index is 0.588. The summed E-state index contributed by atoms with van der Waals surface area (Å²) in [5.41, 5.74) is 0. The molecule has 0 nitrogen and oxygen atoms in total. The molecule has 0 aliphatic heterocycles. The summed E-state index contributed by atoms with van der Waals surface area (Å²) >= 11 is 6.24. The van der Waals surface area contributed by atoms with Crippen LogP contribution in [0.4, 0.5) is 0 Å². The molecule has 0 aromatic heterocycles. The molecule has 1 unspecified atom stereocenters. The number of rotatable bonds is 3. The lowest BCUT2D eigenvalue weighted by Crippen LogP contribution is -2.27. The lowest BCUT2D eigenvalue weighted by Gasteiger charge is -2.21. The van der Waals surface area contributed by atoms with Crippen molar-refractivity contribution in [1.82, 2.24) is 0 Å². The van der Waals surface area contributed by atoms with Gasteiger partial charge in [0.05, 0.1) is 0 Å². The maximum Gasteiger partial charge on any atom is 0.0413 e. The van der Waals surface area contributed by atoms with Crippen molar-refractivity contribution in [2.75, 3.05) is 0 Å². The van der Waals surface area contributed by atoms with Crippen LogP contribution in [0.2, 0.25) is 5.02 Å². The fourth-order valence-electron chi connectivity index (χ4n) is 2.29. The molecule has 0 bridgehead atoms. The van der Waals surface area contributed by atoms with Gasteiger partial charge < -0.3 is 0 Å². The SMILES string of the molecule is Pc1ccc(Cl)cc1P(c1ccccc1)c1ccccc1. The zero-order chi connectivity index (χ0) is 14.7. The molecule has 0 saturated carbocycles. The standard InChI is InChI=1S/C18H15ClP2/c19-14-11-12-17(20)18(13-14)21(15-7-3-1-4-8-15)16-9-5-2-6-10-16/h1-13H,20H2. The fraction of sp³-hybridized carbons (Fsp3) is 0.